The Bertz CT molecular complexity index is 615. The van der Waals surface area contributed by atoms with E-state index in [1.807, 2.05) is 6.92 Å². The highest BCUT2D eigenvalue weighted by Gasteiger charge is 2.22. The summed E-state index contributed by atoms with van der Waals surface area (Å²) in [5.74, 6) is -2.27. The van der Waals surface area contributed by atoms with Gasteiger partial charge in [0, 0.05) is 16.5 Å². The van der Waals surface area contributed by atoms with E-state index in [4.69, 9.17) is 9.84 Å². The van der Waals surface area contributed by atoms with Gasteiger partial charge in [0.15, 0.2) is 0 Å². The Morgan fingerprint density at radius 1 is 1.33 bits per heavy atom. The lowest BCUT2D eigenvalue weighted by Crippen LogP contribution is -2.16. The number of carbonyl (C=O) groups is 3. The van der Waals surface area contributed by atoms with Crippen LogP contribution in [0.4, 0.5) is 5.00 Å². The lowest BCUT2D eigenvalue weighted by Gasteiger charge is -2.07. The third-order valence-electron chi connectivity index (χ3n) is 2.79. The molecule has 21 heavy (non-hydrogen) atoms. The van der Waals surface area contributed by atoms with Crippen molar-refractivity contribution in [2.75, 3.05) is 11.9 Å². The summed E-state index contributed by atoms with van der Waals surface area (Å²) < 4.78 is 4.98. The molecule has 0 atom stereocenters. The number of hydrogen-bond donors (Lipinski definition) is 2. The number of thiophene rings is 1. The highest BCUT2D eigenvalue weighted by molar-refractivity contribution is 7.16. The van der Waals surface area contributed by atoms with Gasteiger partial charge in [0.25, 0.3) is 5.91 Å². The Labute approximate surface area is 126 Å². The lowest BCUT2D eigenvalue weighted by molar-refractivity contribution is -0.131. The van der Waals surface area contributed by atoms with Crippen molar-refractivity contribution in [1.29, 1.82) is 0 Å². The number of aryl methyl sites for hydroxylation is 1. The van der Waals surface area contributed by atoms with Crippen molar-refractivity contribution < 1.29 is 24.2 Å². The van der Waals surface area contributed by atoms with Gasteiger partial charge in [-0.2, -0.15) is 0 Å². The van der Waals surface area contributed by atoms with E-state index < -0.39 is 17.8 Å². The number of rotatable bonds is 5. The summed E-state index contributed by atoms with van der Waals surface area (Å²) in [6, 6.07) is 0. The molecule has 0 saturated carbocycles. The van der Waals surface area contributed by atoms with E-state index >= 15 is 0 Å². The Hall–Kier alpha value is -2.15. The smallest absolute Gasteiger partial charge is 0.341 e. The van der Waals surface area contributed by atoms with Gasteiger partial charge in [-0.1, -0.05) is 0 Å². The minimum Gasteiger partial charge on any atom is -0.478 e. The van der Waals surface area contributed by atoms with Crippen LogP contribution in [-0.2, 0) is 14.3 Å². The van der Waals surface area contributed by atoms with Crippen LogP contribution >= 0.6 is 11.3 Å². The van der Waals surface area contributed by atoms with Crippen LogP contribution < -0.4 is 5.32 Å². The van der Waals surface area contributed by atoms with E-state index in [0.717, 1.165) is 16.5 Å². The molecule has 7 heteroatoms. The van der Waals surface area contributed by atoms with Gasteiger partial charge in [-0.15, -0.1) is 11.3 Å². The van der Waals surface area contributed by atoms with Gasteiger partial charge in [-0.3, -0.25) is 4.79 Å². The number of ether oxygens (including phenoxy) is 1. The third-order valence-corrected chi connectivity index (χ3v) is 3.91. The fourth-order valence-corrected chi connectivity index (χ4v) is 2.66. The normalized spacial score (nSPS) is 11.1. The van der Waals surface area contributed by atoms with Crippen LogP contribution in [0, 0.1) is 13.8 Å². The second-order valence-electron chi connectivity index (χ2n) is 4.33. The summed E-state index contributed by atoms with van der Waals surface area (Å²) >= 11 is 1.25. The van der Waals surface area contributed by atoms with Crippen LogP contribution in [0.15, 0.2) is 11.6 Å². The molecule has 0 radical (unpaired) electrons. The summed E-state index contributed by atoms with van der Waals surface area (Å²) in [7, 11) is 0. The molecule has 1 heterocycles. The molecule has 114 valence electrons. The van der Waals surface area contributed by atoms with E-state index in [-0.39, 0.29) is 12.2 Å². The average Bonchev–Trinajstić information content (AvgIpc) is 2.64. The van der Waals surface area contributed by atoms with Crippen LogP contribution in [0.5, 0.6) is 0 Å². The monoisotopic (exact) mass is 311 g/mol. The predicted molar refractivity (Wildman–Crippen MR) is 79.8 cm³/mol. The van der Waals surface area contributed by atoms with Gasteiger partial charge in [-0.05, 0) is 33.3 Å². The van der Waals surface area contributed by atoms with Crippen LogP contribution in [0.1, 0.15) is 34.6 Å². The second kappa shape index (κ2) is 7.03. The van der Waals surface area contributed by atoms with Gasteiger partial charge in [0.05, 0.1) is 12.2 Å². The van der Waals surface area contributed by atoms with Gasteiger partial charge in [-0.25, -0.2) is 9.59 Å². The molecule has 2 N–H and O–H groups in total. The van der Waals surface area contributed by atoms with Crippen molar-refractivity contribution in [2.24, 2.45) is 0 Å². The van der Waals surface area contributed by atoms with Crippen LogP contribution in [0.3, 0.4) is 0 Å². The molecule has 0 saturated heterocycles. The zero-order chi connectivity index (χ0) is 16.2. The highest BCUT2D eigenvalue weighted by Crippen LogP contribution is 2.33. The van der Waals surface area contributed by atoms with Crippen LogP contribution in [0.25, 0.3) is 0 Å². The summed E-state index contributed by atoms with van der Waals surface area (Å²) in [6.07, 6.45) is 0.812. The average molecular weight is 311 g/mol. The molecule has 0 fully saturated rings. The van der Waals surface area contributed by atoms with E-state index in [0.29, 0.717) is 10.6 Å². The van der Waals surface area contributed by atoms with Crippen molar-refractivity contribution in [3.8, 4) is 0 Å². The number of carbonyl (C=O) groups excluding carboxylic acids is 2. The number of anilines is 1. The molecule has 0 unspecified atom stereocenters. The number of carboxylic acids is 1. The zero-order valence-electron chi connectivity index (χ0n) is 12.3. The fourth-order valence-electron chi connectivity index (χ4n) is 1.62. The lowest BCUT2D eigenvalue weighted by atomic mass is 10.1. The molecule has 6 nitrogen and oxygen atoms in total. The number of aliphatic carboxylic acids is 1. The van der Waals surface area contributed by atoms with Crippen molar-refractivity contribution in [2.45, 2.75) is 27.7 Å². The minimum atomic E-state index is -1.20. The van der Waals surface area contributed by atoms with Gasteiger partial charge in [0.1, 0.15) is 5.00 Å². The van der Waals surface area contributed by atoms with Gasteiger partial charge < -0.3 is 15.2 Å². The number of amides is 1. The molecule has 0 spiro atoms. The third kappa shape index (κ3) is 4.16. The second-order valence-corrected chi connectivity index (χ2v) is 5.55. The molecule has 1 amide bonds. The largest absolute Gasteiger partial charge is 0.478 e. The molecule has 1 rings (SSSR count). The topological polar surface area (TPSA) is 92.7 Å². The molecular formula is C14H17NO5S. The maximum Gasteiger partial charge on any atom is 0.341 e. The van der Waals surface area contributed by atoms with Crippen molar-refractivity contribution in [1.82, 2.24) is 0 Å². The number of hydrogen-bond acceptors (Lipinski definition) is 5. The minimum absolute atomic E-state index is 0.0426. The standard InChI is InChI=1S/C14H17NO5S/c1-5-20-14(19)11-8(3)9(4)21-13(11)15-12(18)7(2)6-10(16)17/h6H,5H2,1-4H3,(H,15,18)(H,16,17)/b7-6-. The predicted octanol–water partition coefficient (Wildman–Crippen LogP) is 2.51. The molecule has 1 aromatic rings. The summed E-state index contributed by atoms with van der Waals surface area (Å²) in [5.41, 5.74) is 1.10. The molecule has 0 bridgehead atoms. The fraction of sp³-hybridized carbons (Fsp3) is 0.357. The van der Waals surface area contributed by atoms with Crippen LogP contribution in [-0.4, -0.2) is 29.6 Å². The number of carboxylic acid groups (broad SMARTS) is 1. The number of esters is 1. The Kier molecular flexibility index (Phi) is 5.66. The maximum atomic E-state index is 12.0. The Balaban J connectivity index is 3.09. The first-order valence-corrected chi connectivity index (χ1v) is 7.09. The first-order valence-electron chi connectivity index (χ1n) is 6.27. The summed E-state index contributed by atoms with van der Waals surface area (Å²) in [4.78, 5) is 35.3. The summed E-state index contributed by atoms with van der Waals surface area (Å²) in [5, 5.41) is 11.6. The zero-order valence-corrected chi connectivity index (χ0v) is 13.1. The van der Waals surface area contributed by atoms with E-state index in [1.165, 1.54) is 18.3 Å². The molecule has 1 aromatic heterocycles. The molecule has 0 aliphatic heterocycles. The van der Waals surface area contributed by atoms with Crippen molar-refractivity contribution in [3.05, 3.63) is 27.7 Å². The molecule has 0 aromatic carbocycles. The van der Waals surface area contributed by atoms with E-state index in [1.54, 1.807) is 13.8 Å². The Morgan fingerprint density at radius 3 is 2.48 bits per heavy atom. The highest BCUT2D eigenvalue weighted by atomic mass is 32.1. The summed E-state index contributed by atoms with van der Waals surface area (Å²) in [6.45, 7) is 6.93. The van der Waals surface area contributed by atoms with E-state index in [2.05, 4.69) is 5.32 Å². The number of nitrogens with one attached hydrogen (secondary N) is 1. The molecule has 0 aliphatic carbocycles. The SMILES string of the molecule is CCOC(=O)c1c(NC(=O)/C(C)=C\C(=O)O)sc(C)c1C. The quantitative estimate of drug-likeness (QED) is 0.644. The van der Waals surface area contributed by atoms with Crippen LogP contribution in [0.2, 0.25) is 0 Å². The molecular weight excluding hydrogens is 294 g/mol. The first kappa shape index (κ1) is 16.9. The van der Waals surface area contributed by atoms with Crippen molar-refractivity contribution in [3.63, 3.8) is 0 Å². The van der Waals surface area contributed by atoms with Crippen molar-refractivity contribution >= 4 is 34.2 Å². The Morgan fingerprint density at radius 2 is 1.95 bits per heavy atom. The first-order chi connectivity index (χ1) is 9.77. The van der Waals surface area contributed by atoms with E-state index in [9.17, 15) is 14.4 Å². The molecule has 0 aliphatic rings. The maximum absolute atomic E-state index is 12.0. The van der Waals surface area contributed by atoms with Gasteiger partial charge in [0.2, 0.25) is 0 Å². The van der Waals surface area contributed by atoms with Gasteiger partial charge >= 0.3 is 11.9 Å².